The average Bonchev–Trinajstić information content (AvgIpc) is 2.48. The molecule has 0 fully saturated rings. The number of amides is 1. The monoisotopic (exact) mass is 345 g/mol. The molecule has 0 aromatic heterocycles. The van der Waals surface area contributed by atoms with Crippen molar-refractivity contribution >= 4 is 11.9 Å². The first-order chi connectivity index (χ1) is 11.1. The van der Waals surface area contributed by atoms with Crippen LogP contribution in [0.25, 0.3) is 0 Å². The summed E-state index contributed by atoms with van der Waals surface area (Å²) in [5.74, 6) is -2.66. The van der Waals surface area contributed by atoms with Crippen LogP contribution in [0.4, 0.5) is 13.2 Å². The molecule has 0 bridgehead atoms. The minimum atomic E-state index is -4.86. The lowest BCUT2D eigenvalue weighted by atomic mass is 10.0. The Morgan fingerprint density at radius 1 is 1.17 bits per heavy atom. The van der Waals surface area contributed by atoms with Crippen LogP contribution >= 0.6 is 0 Å². The van der Waals surface area contributed by atoms with Gasteiger partial charge in [-0.2, -0.15) is 13.2 Å². The number of alkyl halides is 3. The van der Waals surface area contributed by atoms with Crippen LogP contribution in [0.2, 0.25) is 0 Å². The number of carbonyl (C=O) groups excluding carboxylic acids is 1. The van der Waals surface area contributed by atoms with E-state index in [1.165, 1.54) is 6.92 Å². The smallest absolute Gasteiger partial charge is 0.471 e. The van der Waals surface area contributed by atoms with E-state index in [1.54, 1.807) is 19.1 Å². The zero-order chi connectivity index (χ0) is 18.3. The molecule has 1 aromatic rings. The minimum Gasteiger partial charge on any atom is -0.481 e. The molecule has 7 heteroatoms. The van der Waals surface area contributed by atoms with Gasteiger partial charge in [0.2, 0.25) is 0 Å². The molecule has 1 N–H and O–H groups in total. The highest BCUT2D eigenvalue weighted by atomic mass is 19.4. The summed E-state index contributed by atoms with van der Waals surface area (Å²) in [6.45, 7) is 3.10. The fourth-order valence-electron chi connectivity index (χ4n) is 2.56. The largest absolute Gasteiger partial charge is 0.481 e. The van der Waals surface area contributed by atoms with Crippen LogP contribution in [-0.2, 0) is 22.4 Å². The van der Waals surface area contributed by atoms with Crippen molar-refractivity contribution in [1.82, 2.24) is 4.90 Å². The second-order valence-electron chi connectivity index (χ2n) is 5.71. The third-order valence-electron chi connectivity index (χ3n) is 3.79. The molecule has 0 saturated heterocycles. The van der Waals surface area contributed by atoms with Crippen molar-refractivity contribution in [3.8, 4) is 0 Å². The molecule has 1 atom stereocenters. The summed E-state index contributed by atoms with van der Waals surface area (Å²) in [4.78, 5) is 22.7. The first-order valence-electron chi connectivity index (χ1n) is 7.82. The van der Waals surface area contributed by atoms with Crippen molar-refractivity contribution in [2.24, 2.45) is 0 Å². The summed E-state index contributed by atoms with van der Waals surface area (Å²) in [6, 6.07) is 6.72. The van der Waals surface area contributed by atoms with E-state index in [-0.39, 0.29) is 13.0 Å². The molecule has 134 valence electrons. The molecular weight excluding hydrogens is 323 g/mol. The molecule has 0 heterocycles. The van der Waals surface area contributed by atoms with E-state index < -0.39 is 24.1 Å². The predicted octanol–water partition coefficient (Wildman–Crippen LogP) is 3.44. The second-order valence-corrected chi connectivity index (χ2v) is 5.71. The van der Waals surface area contributed by atoms with Crippen molar-refractivity contribution in [3.63, 3.8) is 0 Å². The lowest BCUT2D eigenvalue weighted by Crippen LogP contribution is -2.46. The first-order valence-corrected chi connectivity index (χ1v) is 7.82. The van der Waals surface area contributed by atoms with Crippen molar-refractivity contribution in [3.05, 3.63) is 35.4 Å². The van der Waals surface area contributed by atoms with Gasteiger partial charge >= 0.3 is 18.1 Å². The number of rotatable bonds is 8. The SMILES string of the molecule is CCN(C(=O)C(F)(F)F)[C@@H](C)Cc1ccc(CCCC(=O)O)cc1. The number of hydrogen-bond donors (Lipinski definition) is 1. The van der Waals surface area contributed by atoms with Crippen LogP contribution in [-0.4, -0.2) is 40.6 Å². The maximum absolute atomic E-state index is 12.6. The number of carbonyl (C=O) groups is 2. The van der Waals surface area contributed by atoms with Crippen LogP contribution in [0.1, 0.15) is 37.8 Å². The third-order valence-corrected chi connectivity index (χ3v) is 3.79. The highest BCUT2D eigenvalue weighted by molar-refractivity contribution is 5.82. The Kier molecular flexibility index (Phi) is 7.25. The van der Waals surface area contributed by atoms with E-state index >= 15 is 0 Å². The maximum atomic E-state index is 12.6. The molecule has 1 aromatic carbocycles. The molecule has 0 aliphatic rings. The van der Waals surface area contributed by atoms with Gasteiger partial charge in [0.1, 0.15) is 0 Å². The Hall–Kier alpha value is -2.05. The van der Waals surface area contributed by atoms with Crippen LogP contribution in [0.15, 0.2) is 24.3 Å². The second kappa shape index (κ2) is 8.70. The molecular formula is C17H22F3NO3. The van der Waals surface area contributed by atoms with E-state index in [1.807, 2.05) is 12.1 Å². The van der Waals surface area contributed by atoms with Crippen LogP contribution in [0.5, 0.6) is 0 Å². The zero-order valence-corrected chi connectivity index (χ0v) is 13.8. The number of aryl methyl sites for hydroxylation is 1. The topological polar surface area (TPSA) is 57.6 Å². The summed E-state index contributed by atoms with van der Waals surface area (Å²) in [7, 11) is 0. The van der Waals surface area contributed by atoms with Crippen molar-refractivity contribution in [2.75, 3.05) is 6.54 Å². The molecule has 0 aliphatic heterocycles. The summed E-state index contributed by atoms with van der Waals surface area (Å²) in [5.41, 5.74) is 1.81. The number of hydrogen-bond acceptors (Lipinski definition) is 2. The number of carboxylic acids is 1. The number of nitrogens with zero attached hydrogens (tertiary/aromatic N) is 1. The summed E-state index contributed by atoms with van der Waals surface area (Å²) in [6.07, 6.45) is -3.27. The average molecular weight is 345 g/mol. The Balaban J connectivity index is 2.64. The molecule has 0 aliphatic carbocycles. The summed E-state index contributed by atoms with van der Waals surface area (Å²) >= 11 is 0. The third kappa shape index (κ3) is 6.22. The standard InChI is InChI=1S/C17H22F3NO3/c1-3-21(16(24)17(18,19)20)12(2)11-14-9-7-13(8-10-14)5-4-6-15(22)23/h7-10,12H,3-6,11H2,1-2H3,(H,22,23)/t12-/m0/s1. The lowest BCUT2D eigenvalue weighted by Gasteiger charge is -2.29. The van der Waals surface area contributed by atoms with Crippen molar-refractivity contribution < 1.29 is 27.9 Å². The Morgan fingerprint density at radius 3 is 2.17 bits per heavy atom. The van der Waals surface area contributed by atoms with Crippen LogP contribution in [0.3, 0.4) is 0 Å². The number of aliphatic carboxylic acids is 1. The summed E-state index contributed by atoms with van der Waals surface area (Å²) < 4.78 is 37.7. The fraction of sp³-hybridized carbons (Fsp3) is 0.529. The van der Waals surface area contributed by atoms with Gasteiger partial charge in [-0.15, -0.1) is 0 Å². The van der Waals surface area contributed by atoms with Gasteiger partial charge in [0.05, 0.1) is 0 Å². The van der Waals surface area contributed by atoms with Crippen molar-refractivity contribution in [2.45, 2.75) is 51.7 Å². The Bertz CT molecular complexity index is 555. The maximum Gasteiger partial charge on any atom is 0.471 e. The van der Waals surface area contributed by atoms with Gasteiger partial charge in [-0.1, -0.05) is 24.3 Å². The van der Waals surface area contributed by atoms with Gasteiger partial charge in [0.25, 0.3) is 0 Å². The first kappa shape index (κ1) is 20.0. The predicted molar refractivity (Wildman–Crippen MR) is 83.6 cm³/mol. The molecule has 4 nitrogen and oxygen atoms in total. The normalized spacial score (nSPS) is 12.7. The molecule has 0 radical (unpaired) electrons. The quantitative estimate of drug-likeness (QED) is 0.785. The Labute approximate surface area is 139 Å². The molecule has 1 amide bonds. The van der Waals surface area contributed by atoms with Crippen LogP contribution < -0.4 is 0 Å². The molecule has 1 rings (SSSR count). The van der Waals surface area contributed by atoms with Gasteiger partial charge in [-0.3, -0.25) is 9.59 Å². The number of likely N-dealkylation sites (N-methyl/N-ethyl adjacent to an activating group) is 1. The zero-order valence-electron chi connectivity index (χ0n) is 13.8. The number of benzene rings is 1. The van der Waals surface area contributed by atoms with Crippen LogP contribution in [0, 0.1) is 0 Å². The molecule has 0 saturated carbocycles. The van der Waals surface area contributed by atoms with E-state index in [2.05, 4.69) is 0 Å². The van der Waals surface area contributed by atoms with Gasteiger partial charge in [-0.05, 0) is 44.2 Å². The van der Waals surface area contributed by atoms with Gasteiger partial charge in [0.15, 0.2) is 0 Å². The minimum absolute atomic E-state index is 0.00716. The van der Waals surface area contributed by atoms with E-state index in [9.17, 15) is 22.8 Å². The molecule has 24 heavy (non-hydrogen) atoms. The highest BCUT2D eigenvalue weighted by Crippen LogP contribution is 2.21. The fourth-order valence-corrected chi connectivity index (χ4v) is 2.56. The number of halogens is 3. The summed E-state index contributed by atoms with van der Waals surface area (Å²) in [5, 5.41) is 8.60. The lowest BCUT2D eigenvalue weighted by molar-refractivity contribution is -0.187. The molecule has 0 spiro atoms. The van der Waals surface area contributed by atoms with E-state index in [0.717, 1.165) is 16.0 Å². The Morgan fingerprint density at radius 2 is 1.71 bits per heavy atom. The highest BCUT2D eigenvalue weighted by Gasteiger charge is 2.43. The number of carboxylic acid groups (broad SMARTS) is 1. The van der Waals surface area contributed by atoms with E-state index in [0.29, 0.717) is 19.3 Å². The molecule has 0 unspecified atom stereocenters. The van der Waals surface area contributed by atoms with Gasteiger partial charge in [0, 0.05) is 19.0 Å². The van der Waals surface area contributed by atoms with Crippen molar-refractivity contribution in [1.29, 1.82) is 0 Å². The van der Waals surface area contributed by atoms with Gasteiger partial charge < -0.3 is 10.0 Å². The van der Waals surface area contributed by atoms with Gasteiger partial charge in [-0.25, -0.2) is 0 Å². The van der Waals surface area contributed by atoms with E-state index in [4.69, 9.17) is 5.11 Å².